The number of fused-ring (bicyclic) bond motifs is 4. The van der Waals surface area contributed by atoms with E-state index >= 15 is 0 Å². The predicted molar refractivity (Wildman–Crippen MR) is 166 cm³/mol. The molecule has 1 aliphatic heterocycles. The molecule has 0 spiro atoms. The molecule has 3 atom stereocenters. The number of aliphatic imine (C=N–C) groups is 1. The van der Waals surface area contributed by atoms with Gasteiger partial charge >= 0.3 is 0 Å². The molecule has 1 N–H and O–H groups in total. The zero-order valence-corrected chi connectivity index (χ0v) is 22.6. The van der Waals surface area contributed by atoms with Gasteiger partial charge in [0, 0.05) is 17.8 Å². The van der Waals surface area contributed by atoms with Gasteiger partial charge in [-0.25, -0.2) is 0 Å². The monoisotopic (exact) mass is 520 g/mol. The average molecular weight is 521 g/mol. The number of ether oxygens (including phenoxy) is 1. The second-order valence-electron chi connectivity index (χ2n) is 10.9. The van der Waals surface area contributed by atoms with Crippen LogP contribution in [-0.2, 0) is 6.61 Å². The van der Waals surface area contributed by atoms with Crippen molar-refractivity contribution in [1.82, 2.24) is 0 Å². The Labute approximate surface area is 235 Å². The number of nitrogens with zero attached hydrogens (tertiary/aromatic N) is 1. The highest BCUT2D eigenvalue weighted by Crippen LogP contribution is 2.50. The summed E-state index contributed by atoms with van der Waals surface area (Å²) in [5, 5.41) is 6.30. The Hall–Kier alpha value is -4.63. The maximum Gasteiger partial charge on any atom is 0.119 e. The number of anilines is 1. The van der Waals surface area contributed by atoms with Gasteiger partial charge in [0.1, 0.15) is 12.4 Å². The molecular weight excluding hydrogens is 488 g/mol. The predicted octanol–water partition coefficient (Wildman–Crippen LogP) is 9.30. The minimum Gasteiger partial charge on any atom is -0.489 e. The molecule has 40 heavy (non-hydrogen) atoms. The van der Waals surface area contributed by atoms with Gasteiger partial charge in [-0.05, 0) is 94.8 Å². The Morgan fingerprint density at radius 3 is 2.58 bits per heavy atom. The maximum atomic E-state index is 6.09. The fourth-order valence-corrected chi connectivity index (χ4v) is 6.19. The van der Waals surface area contributed by atoms with Crippen LogP contribution in [0.5, 0.6) is 5.75 Å². The fraction of sp³-hybridized carbons (Fsp3) is 0.162. The van der Waals surface area contributed by atoms with Gasteiger partial charge in [-0.15, -0.1) is 0 Å². The quantitative estimate of drug-likeness (QED) is 0.179. The molecular formula is C37H32N2O. The third kappa shape index (κ3) is 4.80. The van der Waals surface area contributed by atoms with E-state index in [9.17, 15) is 0 Å². The molecule has 7 rings (SSSR count). The third-order valence-corrected chi connectivity index (χ3v) is 8.29. The van der Waals surface area contributed by atoms with Gasteiger partial charge in [-0.3, -0.25) is 4.99 Å². The lowest BCUT2D eigenvalue weighted by Crippen LogP contribution is -2.29. The van der Waals surface area contributed by atoms with Crippen LogP contribution in [0, 0.1) is 12.8 Å². The van der Waals surface area contributed by atoms with E-state index in [-0.39, 0.29) is 0 Å². The molecule has 0 saturated heterocycles. The summed E-state index contributed by atoms with van der Waals surface area (Å²) in [5.41, 5.74) is 8.51. The Kier molecular flexibility index (Phi) is 6.41. The molecule has 196 valence electrons. The Bertz CT molecular complexity index is 1710. The van der Waals surface area contributed by atoms with E-state index in [0.717, 1.165) is 23.4 Å². The molecule has 5 aromatic carbocycles. The van der Waals surface area contributed by atoms with E-state index in [0.29, 0.717) is 24.5 Å². The maximum absolute atomic E-state index is 6.09. The molecule has 0 radical (unpaired) electrons. The van der Waals surface area contributed by atoms with Crippen molar-refractivity contribution in [2.75, 3.05) is 5.32 Å². The van der Waals surface area contributed by atoms with Gasteiger partial charge in [0.05, 0.1) is 11.7 Å². The molecule has 0 unspecified atom stereocenters. The first-order chi connectivity index (χ1) is 19.7. The van der Waals surface area contributed by atoms with Crippen LogP contribution in [0.3, 0.4) is 0 Å². The largest absolute Gasteiger partial charge is 0.489 e. The van der Waals surface area contributed by atoms with Gasteiger partial charge in [0.25, 0.3) is 0 Å². The van der Waals surface area contributed by atoms with Crippen LogP contribution in [0.15, 0.2) is 126 Å². The minimum absolute atomic E-state index is 0.301. The van der Waals surface area contributed by atoms with Gasteiger partial charge in [0.15, 0.2) is 0 Å². The van der Waals surface area contributed by atoms with E-state index in [4.69, 9.17) is 9.73 Å². The summed E-state index contributed by atoms with van der Waals surface area (Å²) < 4.78 is 6.09. The van der Waals surface area contributed by atoms with Crippen molar-refractivity contribution in [2.45, 2.75) is 31.9 Å². The average Bonchev–Trinajstić information content (AvgIpc) is 3.50. The lowest BCUT2D eigenvalue weighted by molar-refractivity contribution is 0.307. The highest BCUT2D eigenvalue weighted by molar-refractivity contribution is 5.85. The van der Waals surface area contributed by atoms with Crippen LogP contribution in [0.2, 0.25) is 0 Å². The van der Waals surface area contributed by atoms with Crippen molar-refractivity contribution in [2.24, 2.45) is 10.9 Å². The highest BCUT2D eigenvalue weighted by Gasteiger charge is 2.37. The fourth-order valence-electron chi connectivity index (χ4n) is 6.19. The zero-order chi connectivity index (χ0) is 26.9. The van der Waals surface area contributed by atoms with Crippen molar-refractivity contribution < 1.29 is 4.74 Å². The number of nitrogens with one attached hydrogen (secondary N) is 1. The van der Waals surface area contributed by atoms with Crippen LogP contribution in [-0.4, -0.2) is 6.21 Å². The first kappa shape index (κ1) is 24.4. The lowest BCUT2D eigenvalue weighted by Gasteiger charge is -2.37. The van der Waals surface area contributed by atoms with Crippen molar-refractivity contribution in [1.29, 1.82) is 0 Å². The highest BCUT2D eigenvalue weighted by atomic mass is 16.5. The van der Waals surface area contributed by atoms with Crippen LogP contribution < -0.4 is 10.1 Å². The van der Waals surface area contributed by atoms with Crippen LogP contribution >= 0.6 is 0 Å². The standard InChI is InChI=1S/C37H32N2O/c1-25-12-21-36-35(22-25)33-10-5-11-34(33)37(39-36)28-15-17-30(18-16-28)38-23-26-13-19-31(20-14-26)40-24-29-8-4-7-27-6-2-3-9-32(27)29/h2-10,12-23,33-34,37,39H,11,24H2,1H3/t33-,34-,37+/m1/s1. The summed E-state index contributed by atoms with van der Waals surface area (Å²) in [6.45, 7) is 2.72. The van der Waals surface area contributed by atoms with E-state index < -0.39 is 0 Å². The van der Waals surface area contributed by atoms with Gasteiger partial charge in [0.2, 0.25) is 0 Å². The number of hydrogen-bond donors (Lipinski definition) is 1. The second-order valence-corrected chi connectivity index (χ2v) is 10.9. The van der Waals surface area contributed by atoms with Gasteiger partial charge < -0.3 is 10.1 Å². The topological polar surface area (TPSA) is 33.6 Å². The SMILES string of the molecule is Cc1ccc2c(c1)[C@@H]1C=CC[C@H]1[C@H](c1ccc(N=Cc3ccc(OCc4cccc5ccccc45)cc3)cc1)N2. The Balaban J connectivity index is 1.01. The smallest absolute Gasteiger partial charge is 0.119 e. The summed E-state index contributed by atoms with van der Waals surface area (Å²) in [4.78, 5) is 4.73. The second kappa shape index (κ2) is 10.5. The Morgan fingerprint density at radius 2 is 1.70 bits per heavy atom. The number of aryl methyl sites for hydroxylation is 1. The summed E-state index contributed by atoms with van der Waals surface area (Å²) in [6, 6.07) is 38.7. The molecule has 1 heterocycles. The molecule has 3 heteroatoms. The van der Waals surface area contributed by atoms with Gasteiger partial charge in [-0.1, -0.05) is 84.4 Å². The molecule has 0 bridgehead atoms. The lowest BCUT2D eigenvalue weighted by atomic mass is 9.76. The van der Waals surface area contributed by atoms with E-state index in [1.54, 1.807) is 0 Å². The minimum atomic E-state index is 0.301. The number of rotatable bonds is 6. The summed E-state index contributed by atoms with van der Waals surface area (Å²) in [7, 11) is 0. The van der Waals surface area contributed by atoms with E-state index in [1.165, 1.54) is 38.7 Å². The van der Waals surface area contributed by atoms with Crippen LogP contribution in [0.25, 0.3) is 10.8 Å². The van der Waals surface area contributed by atoms with E-state index in [1.807, 2.05) is 18.3 Å². The summed E-state index contributed by atoms with van der Waals surface area (Å²) in [6.07, 6.45) is 7.77. The van der Waals surface area contributed by atoms with Crippen molar-refractivity contribution in [3.8, 4) is 5.75 Å². The molecule has 0 aromatic heterocycles. The summed E-state index contributed by atoms with van der Waals surface area (Å²) in [5.74, 6) is 1.88. The van der Waals surface area contributed by atoms with Crippen molar-refractivity contribution >= 4 is 28.4 Å². The number of benzene rings is 5. The first-order valence-corrected chi connectivity index (χ1v) is 14.1. The normalized spacial score (nSPS) is 19.4. The zero-order valence-electron chi connectivity index (χ0n) is 22.6. The van der Waals surface area contributed by atoms with Gasteiger partial charge in [-0.2, -0.15) is 0 Å². The summed E-state index contributed by atoms with van der Waals surface area (Å²) >= 11 is 0. The van der Waals surface area contributed by atoms with Crippen molar-refractivity contribution in [3.63, 3.8) is 0 Å². The third-order valence-electron chi connectivity index (χ3n) is 8.29. The molecule has 1 aliphatic carbocycles. The first-order valence-electron chi connectivity index (χ1n) is 14.1. The number of hydrogen-bond acceptors (Lipinski definition) is 3. The number of allylic oxidation sites excluding steroid dienone is 2. The van der Waals surface area contributed by atoms with E-state index in [2.05, 4.69) is 121 Å². The van der Waals surface area contributed by atoms with Crippen LogP contribution in [0.1, 0.15) is 46.2 Å². The molecule has 2 aliphatic rings. The molecule has 0 saturated carbocycles. The molecule has 0 fully saturated rings. The molecule has 5 aromatic rings. The molecule has 3 nitrogen and oxygen atoms in total. The molecule has 0 amide bonds. The Morgan fingerprint density at radius 1 is 0.875 bits per heavy atom. The van der Waals surface area contributed by atoms with Crippen molar-refractivity contribution in [3.05, 3.63) is 149 Å². The van der Waals surface area contributed by atoms with Crippen LogP contribution in [0.4, 0.5) is 11.4 Å².